The minimum atomic E-state index is -0.551. The highest BCUT2D eigenvalue weighted by Gasteiger charge is 2.12. The summed E-state index contributed by atoms with van der Waals surface area (Å²) in [4.78, 5) is 15.8. The number of carbonyl (C=O) groups is 1. The maximum absolute atomic E-state index is 13.5. The first-order valence-electron chi connectivity index (χ1n) is 6.87. The maximum Gasteiger partial charge on any atom is 0.256 e. The van der Waals surface area contributed by atoms with Gasteiger partial charge in [0.25, 0.3) is 5.91 Å². The Bertz CT molecular complexity index is 643. The van der Waals surface area contributed by atoms with Crippen LogP contribution in [-0.2, 0) is 0 Å². The summed E-state index contributed by atoms with van der Waals surface area (Å²) < 4.78 is 13.5. The van der Waals surface area contributed by atoms with E-state index >= 15 is 0 Å². The zero-order valence-electron chi connectivity index (χ0n) is 12.1. The van der Waals surface area contributed by atoms with Crippen molar-refractivity contribution in [2.45, 2.75) is 20.3 Å². The summed E-state index contributed by atoms with van der Waals surface area (Å²) >= 11 is 0. The zero-order valence-corrected chi connectivity index (χ0v) is 12.1. The van der Waals surface area contributed by atoms with Gasteiger partial charge < -0.3 is 10.6 Å². The average molecular weight is 287 g/mol. The van der Waals surface area contributed by atoms with Gasteiger partial charge in [-0.25, -0.2) is 4.39 Å². The Balaban J connectivity index is 2.14. The highest BCUT2D eigenvalue weighted by molar-refractivity contribution is 6.05. The Morgan fingerprint density at radius 2 is 2.14 bits per heavy atom. The van der Waals surface area contributed by atoms with Crippen molar-refractivity contribution in [1.29, 1.82) is 0 Å². The molecule has 0 radical (unpaired) electrons. The van der Waals surface area contributed by atoms with Crippen LogP contribution in [0, 0.1) is 12.7 Å². The fourth-order valence-electron chi connectivity index (χ4n) is 1.96. The van der Waals surface area contributed by atoms with Crippen LogP contribution in [0.15, 0.2) is 36.7 Å². The smallest absolute Gasteiger partial charge is 0.256 e. The van der Waals surface area contributed by atoms with E-state index < -0.39 is 5.82 Å². The Hall–Kier alpha value is -2.43. The number of hydrogen-bond acceptors (Lipinski definition) is 3. The molecule has 0 aliphatic rings. The van der Waals surface area contributed by atoms with E-state index in [-0.39, 0.29) is 11.6 Å². The van der Waals surface area contributed by atoms with Crippen molar-refractivity contribution < 1.29 is 9.18 Å². The molecule has 1 amide bonds. The standard InChI is InChI=1S/C16H18FN3O/c1-3-7-19-12-4-5-13(11(2)9-12)16(21)20-15-6-8-18-10-14(15)17/h4-6,8-10,19H,3,7H2,1-2H3,(H,18,20,21). The van der Waals surface area contributed by atoms with Crippen LogP contribution in [0.1, 0.15) is 29.3 Å². The van der Waals surface area contributed by atoms with Crippen molar-refractivity contribution in [2.24, 2.45) is 0 Å². The summed E-state index contributed by atoms with van der Waals surface area (Å²) in [5.41, 5.74) is 2.46. The van der Waals surface area contributed by atoms with Gasteiger partial charge in [-0.2, -0.15) is 0 Å². The molecule has 0 saturated heterocycles. The number of aromatic nitrogens is 1. The van der Waals surface area contributed by atoms with E-state index in [4.69, 9.17) is 0 Å². The third-order valence-electron chi connectivity index (χ3n) is 3.07. The predicted molar refractivity (Wildman–Crippen MR) is 82.1 cm³/mol. The largest absolute Gasteiger partial charge is 0.385 e. The van der Waals surface area contributed by atoms with E-state index in [1.165, 1.54) is 12.3 Å². The molecule has 21 heavy (non-hydrogen) atoms. The third-order valence-corrected chi connectivity index (χ3v) is 3.07. The van der Waals surface area contributed by atoms with Gasteiger partial charge in [0.15, 0.2) is 5.82 Å². The zero-order chi connectivity index (χ0) is 15.2. The van der Waals surface area contributed by atoms with Crippen LogP contribution in [0.25, 0.3) is 0 Å². The van der Waals surface area contributed by atoms with Gasteiger partial charge in [0.2, 0.25) is 0 Å². The van der Waals surface area contributed by atoms with Gasteiger partial charge in [-0.1, -0.05) is 6.92 Å². The fraction of sp³-hybridized carbons (Fsp3) is 0.250. The van der Waals surface area contributed by atoms with Crippen LogP contribution in [0.5, 0.6) is 0 Å². The Kier molecular flexibility index (Phi) is 4.87. The van der Waals surface area contributed by atoms with E-state index in [0.29, 0.717) is 5.56 Å². The average Bonchev–Trinajstić information content (AvgIpc) is 2.47. The molecule has 1 heterocycles. The molecule has 110 valence electrons. The van der Waals surface area contributed by atoms with Crippen LogP contribution in [0.3, 0.4) is 0 Å². The van der Waals surface area contributed by atoms with E-state index in [0.717, 1.165) is 30.4 Å². The molecular weight excluding hydrogens is 269 g/mol. The highest BCUT2D eigenvalue weighted by atomic mass is 19.1. The topological polar surface area (TPSA) is 54.0 Å². The van der Waals surface area contributed by atoms with E-state index in [2.05, 4.69) is 22.5 Å². The second kappa shape index (κ2) is 6.83. The molecule has 0 atom stereocenters. The minimum absolute atomic E-state index is 0.127. The van der Waals surface area contributed by atoms with Gasteiger partial charge in [-0.15, -0.1) is 0 Å². The molecule has 0 aliphatic carbocycles. The van der Waals surface area contributed by atoms with Gasteiger partial charge in [-0.3, -0.25) is 9.78 Å². The number of amides is 1. The molecule has 1 aromatic carbocycles. The first kappa shape index (κ1) is 15.0. The second-order valence-electron chi connectivity index (χ2n) is 4.77. The minimum Gasteiger partial charge on any atom is -0.385 e. The van der Waals surface area contributed by atoms with Crippen molar-refractivity contribution in [3.63, 3.8) is 0 Å². The molecule has 0 saturated carbocycles. The lowest BCUT2D eigenvalue weighted by atomic mass is 10.1. The molecular formula is C16H18FN3O. The summed E-state index contributed by atoms with van der Waals surface area (Å²) in [6.45, 7) is 4.83. The molecule has 2 rings (SSSR count). The Labute approximate surface area is 123 Å². The van der Waals surface area contributed by atoms with E-state index in [1.54, 1.807) is 6.07 Å². The Morgan fingerprint density at radius 1 is 1.33 bits per heavy atom. The third kappa shape index (κ3) is 3.78. The lowest BCUT2D eigenvalue weighted by Gasteiger charge is -2.11. The number of nitrogens with zero attached hydrogens (tertiary/aromatic N) is 1. The number of anilines is 2. The van der Waals surface area contributed by atoms with Crippen LogP contribution < -0.4 is 10.6 Å². The number of aryl methyl sites for hydroxylation is 1. The lowest BCUT2D eigenvalue weighted by Crippen LogP contribution is -2.14. The number of nitrogens with one attached hydrogen (secondary N) is 2. The Morgan fingerprint density at radius 3 is 2.81 bits per heavy atom. The number of pyridine rings is 1. The second-order valence-corrected chi connectivity index (χ2v) is 4.77. The number of benzene rings is 1. The summed E-state index contributed by atoms with van der Waals surface area (Å²) in [6.07, 6.45) is 3.53. The van der Waals surface area contributed by atoms with Crippen LogP contribution in [-0.4, -0.2) is 17.4 Å². The molecule has 2 aromatic rings. The van der Waals surface area contributed by atoms with Crippen molar-refractivity contribution in [3.8, 4) is 0 Å². The fourth-order valence-corrected chi connectivity index (χ4v) is 1.96. The quantitative estimate of drug-likeness (QED) is 0.883. The molecule has 0 aliphatic heterocycles. The molecule has 1 aromatic heterocycles. The molecule has 5 heteroatoms. The van der Waals surface area contributed by atoms with Gasteiger partial charge in [0, 0.05) is 24.0 Å². The summed E-state index contributed by atoms with van der Waals surface area (Å²) in [6, 6.07) is 6.93. The SMILES string of the molecule is CCCNc1ccc(C(=O)Nc2ccncc2F)c(C)c1. The number of halogens is 1. The summed E-state index contributed by atoms with van der Waals surface area (Å²) in [7, 11) is 0. The van der Waals surface area contributed by atoms with E-state index in [1.807, 2.05) is 19.1 Å². The first-order valence-corrected chi connectivity index (χ1v) is 6.87. The summed E-state index contributed by atoms with van der Waals surface area (Å²) in [5, 5.41) is 5.82. The molecule has 4 nitrogen and oxygen atoms in total. The maximum atomic E-state index is 13.5. The van der Waals surface area contributed by atoms with Crippen molar-refractivity contribution >= 4 is 17.3 Å². The van der Waals surface area contributed by atoms with Gasteiger partial charge in [0.1, 0.15) is 0 Å². The van der Waals surface area contributed by atoms with Crippen LogP contribution in [0.4, 0.5) is 15.8 Å². The molecule has 0 fully saturated rings. The predicted octanol–water partition coefficient (Wildman–Crippen LogP) is 3.60. The number of rotatable bonds is 5. The molecule has 2 N–H and O–H groups in total. The van der Waals surface area contributed by atoms with Crippen LogP contribution >= 0.6 is 0 Å². The summed E-state index contributed by atoms with van der Waals surface area (Å²) in [5.74, 6) is -0.885. The van der Waals surface area contributed by atoms with Gasteiger partial charge in [0.05, 0.1) is 11.9 Å². The van der Waals surface area contributed by atoms with Gasteiger partial charge in [-0.05, 0) is 43.2 Å². The van der Waals surface area contributed by atoms with Crippen molar-refractivity contribution in [2.75, 3.05) is 17.2 Å². The normalized spacial score (nSPS) is 10.2. The van der Waals surface area contributed by atoms with E-state index in [9.17, 15) is 9.18 Å². The number of hydrogen-bond donors (Lipinski definition) is 2. The molecule has 0 spiro atoms. The molecule has 0 bridgehead atoms. The highest BCUT2D eigenvalue weighted by Crippen LogP contribution is 2.18. The van der Waals surface area contributed by atoms with Crippen LogP contribution in [0.2, 0.25) is 0 Å². The first-order chi connectivity index (χ1) is 10.1. The monoisotopic (exact) mass is 287 g/mol. The van der Waals surface area contributed by atoms with Crippen molar-refractivity contribution in [1.82, 2.24) is 4.98 Å². The number of carbonyl (C=O) groups excluding carboxylic acids is 1. The molecule has 0 unspecified atom stereocenters. The van der Waals surface area contributed by atoms with Crippen molar-refractivity contribution in [3.05, 3.63) is 53.6 Å². The lowest BCUT2D eigenvalue weighted by molar-refractivity contribution is 0.102. The van der Waals surface area contributed by atoms with Gasteiger partial charge >= 0.3 is 0 Å².